The van der Waals surface area contributed by atoms with Crippen LogP contribution in [-0.4, -0.2) is 43.6 Å². The minimum Gasteiger partial charge on any atom is -0.396 e. The molecule has 2 atom stereocenters. The van der Waals surface area contributed by atoms with Crippen LogP contribution < -0.4 is 5.32 Å². The highest BCUT2D eigenvalue weighted by Gasteiger charge is 2.31. The summed E-state index contributed by atoms with van der Waals surface area (Å²) in [4.78, 5) is 11.7. The van der Waals surface area contributed by atoms with Gasteiger partial charge in [-0.2, -0.15) is 0 Å². The van der Waals surface area contributed by atoms with E-state index in [1.54, 1.807) is 0 Å². The molecule has 5 nitrogen and oxygen atoms in total. The minimum atomic E-state index is -2.97. The molecular formula is C10H19NO4S. The first-order valence-corrected chi connectivity index (χ1v) is 7.29. The van der Waals surface area contributed by atoms with Gasteiger partial charge in [-0.15, -0.1) is 0 Å². The molecule has 1 heterocycles. The quantitative estimate of drug-likeness (QED) is 0.707. The van der Waals surface area contributed by atoms with Gasteiger partial charge in [-0.3, -0.25) is 4.79 Å². The van der Waals surface area contributed by atoms with E-state index in [1.165, 1.54) is 0 Å². The van der Waals surface area contributed by atoms with Crippen LogP contribution in [0.25, 0.3) is 0 Å². The smallest absolute Gasteiger partial charge is 0.225 e. The van der Waals surface area contributed by atoms with Gasteiger partial charge in [0.1, 0.15) is 0 Å². The fraction of sp³-hybridized carbons (Fsp3) is 0.900. The summed E-state index contributed by atoms with van der Waals surface area (Å²) in [7, 11) is -2.97. The fourth-order valence-corrected chi connectivity index (χ4v) is 3.49. The maximum atomic E-state index is 11.7. The van der Waals surface area contributed by atoms with Gasteiger partial charge >= 0.3 is 0 Å². The van der Waals surface area contributed by atoms with Crippen molar-refractivity contribution in [1.29, 1.82) is 0 Å². The van der Waals surface area contributed by atoms with Crippen molar-refractivity contribution in [2.75, 3.05) is 18.1 Å². The number of carbonyl (C=O) groups excluding carboxylic acids is 1. The molecule has 16 heavy (non-hydrogen) atoms. The van der Waals surface area contributed by atoms with Gasteiger partial charge in [0.2, 0.25) is 5.91 Å². The summed E-state index contributed by atoms with van der Waals surface area (Å²) < 4.78 is 22.4. The first kappa shape index (κ1) is 13.4. The van der Waals surface area contributed by atoms with Gasteiger partial charge in [0.15, 0.2) is 9.84 Å². The molecule has 0 radical (unpaired) electrons. The average molecular weight is 249 g/mol. The summed E-state index contributed by atoms with van der Waals surface area (Å²) in [6, 6.07) is -0.287. The second-order valence-electron chi connectivity index (χ2n) is 4.64. The van der Waals surface area contributed by atoms with E-state index in [0.29, 0.717) is 6.42 Å². The Bertz CT molecular complexity index is 350. The maximum Gasteiger partial charge on any atom is 0.225 e. The molecule has 1 saturated heterocycles. The Morgan fingerprint density at radius 1 is 1.50 bits per heavy atom. The van der Waals surface area contributed by atoms with E-state index in [9.17, 15) is 13.2 Å². The third kappa shape index (κ3) is 3.45. The molecule has 0 aliphatic carbocycles. The number of amides is 1. The molecule has 1 rings (SSSR count). The summed E-state index contributed by atoms with van der Waals surface area (Å²) >= 11 is 0. The molecule has 1 amide bonds. The Labute approximate surface area is 96.1 Å². The van der Waals surface area contributed by atoms with Gasteiger partial charge in [-0.1, -0.05) is 13.8 Å². The van der Waals surface area contributed by atoms with Crippen molar-refractivity contribution in [1.82, 2.24) is 5.32 Å². The Morgan fingerprint density at radius 3 is 2.50 bits per heavy atom. The highest BCUT2D eigenvalue weighted by Crippen LogP contribution is 2.14. The second-order valence-corrected chi connectivity index (χ2v) is 6.87. The maximum absolute atomic E-state index is 11.7. The van der Waals surface area contributed by atoms with E-state index in [1.807, 2.05) is 13.8 Å². The summed E-state index contributed by atoms with van der Waals surface area (Å²) in [5.41, 5.74) is 0. The zero-order valence-corrected chi connectivity index (χ0v) is 10.5. The van der Waals surface area contributed by atoms with E-state index >= 15 is 0 Å². The van der Waals surface area contributed by atoms with Gasteiger partial charge < -0.3 is 10.4 Å². The zero-order chi connectivity index (χ0) is 12.3. The van der Waals surface area contributed by atoms with Crippen LogP contribution in [0.1, 0.15) is 20.3 Å². The van der Waals surface area contributed by atoms with Crippen molar-refractivity contribution in [3.05, 3.63) is 0 Å². The molecule has 1 aliphatic heterocycles. The van der Waals surface area contributed by atoms with E-state index < -0.39 is 15.8 Å². The number of nitrogens with one attached hydrogen (secondary N) is 1. The lowest BCUT2D eigenvalue weighted by molar-refractivity contribution is -0.128. The third-order valence-electron chi connectivity index (χ3n) is 2.92. The van der Waals surface area contributed by atoms with Crippen molar-refractivity contribution < 1.29 is 18.3 Å². The second kappa shape index (κ2) is 5.14. The van der Waals surface area contributed by atoms with Crippen LogP contribution in [0, 0.1) is 11.8 Å². The summed E-state index contributed by atoms with van der Waals surface area (Å²) in [6.07, 6.45) is 0.477. The molecular weight excluding hydrogens is 230 g/mol. The molecule has 1 aliphatic rings. The predicted molar refractivity (Wildman–Crippen MR) is 60.6 cm³/mol. The van der Waals surface area contributed by atoms with Gasteiger partial charge in [-0.25, -0.2) is 8.42 Å². The van der Waals surface area contributed by atoms with Crippen LogP contribution in [-0.2, 0) is 14.6 Å². The first-order chi connectivity index (χ1) is 7.35. The summed E-state index contributed by atoms with van der Waals surface area (Å²) in [6.45, 7) is 3.50. The topological polar surface area (TPSA) is 83.5 Å². The lowest BCUT2D eigenvalue weighted by Crippen LogP contribution is -2.42. The highest BCUT2D eigenvalue weighted by atomic mass is 32.2. The fourth-order valence-electron chi connectivity index (χ4n) is 1.81. The number of carbonyl (C=O) groups is 1. The van der Waals surface area contributed by atoms with Crippen molar-refractivity contribution in [2.45, 2.75) is 26.3 Å². The van der Waals surface area contributed by atoms with Gasteiger partial charge in [0.05, 0.1) is 24.0 Å². The molecule has 94 valence electrons. The largest absolute Gasteiger partial charge is 0.396 e. The van der Waals surface area contributed by atoms with Crippen LogP contribution in [0.2, 0.25) is 0 Å². The molecule has 2 N–H and O–H groups in total. The minimum absolute atomic E-state index is 0.0228. The number of hydrogen-bond acceptors (Lipinski definition) is 4. The van der Waals surface area contributed by atoms with Gasteiger partial charge in [0.25, 0.3) is 0 Å². The number of rotatable bonds is 4. The standard InChI is InChI=1S/C10H19NO4S/c1-7(2)9(5-12)10(13)11-8-3-4-16(14,15)6-8/h7-9,12H,3-6H2,1-2H3,(H,11,13). The normalized spacial score (nSPS) is 25.6. The molecule has 0 spiro atoms. The van der Waals surface area contributed by atoms with Crippen LogP contribution in [0.5, 0.6) is 0 Å². The van der Waals surface area contributed by atoms with Crippen molar-refractivity contribution in [3.8, 4) is 0 Å². The van der Waals surface area contributed by atoms with Gasteiger partial charge in [0, 0.05) is 6.04 Å². The monoisotopic (exact) mass is 249 g/mol. The molecule has 0 bridgehead atoms. The van der Waals surface area contributed by atoms with E-state index in [2.05, 4.69) is 5.32 Å². The Morgan fingerprint density at radius 2 is 2.12 bits per heavy atom. The SMILES string of the molecule is CC(C)C(CO)C(=O)NC1CCS(=O)(=O)C1. The molecule has 6 heteroatoms. The lowest BCUT2D eigenvalue weighted by Gasteiger charge is -2.20. The van der Waals surface area contributed by atoms with E-state index in [-0.39, 0.29) is 36.0 Å². The molecule has 0 saturated carbocycles. The zero-order valence-electron chi connectivity index (χ0n) is 9.64. The third-order valence-corrected chi connectivity index (χ3v) is 4.68. The average Bonchev–Trinajstić information content (AvgIpc) is 2.45. The number of aliphatic hydroxyl groups excluding tert-OH is 1. The van der Waals surface area contributed by atoms with Gasteiger partial charge in [-0.05, 0) is 12.3 Å². The molecule has 0 aromatic carbocycles. The highest BCUT2D eigenvalue weighted by molar-refractivity contribution is 7.91. The van der Waals surface area contributed by atoms with Crippen molar-refractivity contribution in [2.24, 2.45) is 11.8 Å². The van der Waals surface area contributed by atoms with Crippen LogP contribution >= 0.6 is 0 Å². The summed E-state index contributed by atoms with van der Waals surface area (Å²) in [5, 5.41) is 11.8. The van der Waals surface area contributed by atoms with E-state index in [0.717, 1.165) is 0 Å². The Hall–Kier alpha value is -0.620. The molecule has 0 aromatic rings. The Kier molecular flexibility index (Phi) is 4.32. The number of sulfone groups is 1. The van der Waals surface area contributed by atoms with Crippen LogP contribution in [0.15, 0.2) is 0 Å². The molecule has 0 aromatic heterocycles. The summed E-state index contributed by atoms with van der Waals surface area (Å²) in [5.74, 6) is -0.496. The lowest BCUT2D eigenvalue weighted by atomic mass is 9.95. The van der Waals surface area contributed by atoms with Crippen LogP contribution in [0.3, 0.4) is 0 Å². The number of hydrogen-bond donors (Lipinski definition) is 2. The van der Waals surface area contributed by atoms with Crippen molar-refractivity contribution >= 4 is 15.7 Å². The Balaban J connectivity index is 2.52. The molecule has 2 unspecified atom stereocenters. The predicted octanol–water partition coefficient (Wildman–Crippen LogP) is -0.446. The first-order valence-electron chi connectivity index (χ1n) is 5.47. The van der Waals surface area contributed by atoms with Crippen molar-refractivity contribution in [3.63, 3.8) is 0 Å². The molecule has 1 fully saturated rings. The van der Waals surface area contributed by atoms with Crippen LogP contribution in [0.4, 0.5) is 0 Å². The number of aliphatic hydroxyl groups is 1. The van der Waals surface area contributed by atoms with E-state index in [4.69, 9.17) is 5.11 Å².